The SMILES string of the molecule is CC(C)(C)c1ccc(-c2c[c]ccc2-c2ccccc2)cc1. The highest BCUT2D eigenvalue weighted by Crippen LogP contribution is 2.33. The lowest BCUT2D eigenvalue weighted by Crippen LogP contribution is -2.10. The van der Waals surface area contributed by atoms with Crippen LogP contribution in [0.5, 0.6) is 0 Å². The lowest BCUT2D eigenvalue weighted by atomic mass is 9.85. The first-order valence-electron chi connectivity index (χ1n) is 7.72. The highest BCUT2D eigenvalue weighted by Gasteiger charge is 2.13. The van der Waals surface area contributed by atoms with Gasteiger partial charge in [0.2, 0.25) is 0 Å². The second-order valence-corrected chi connectivity index (χ2v) is 6.67. The molecule has 1 radical (unpaired) electrons. The van der Waals surface area contributed by atoms with Crippen LogP contribution in [0.4, 0.5) is 0 Å². The van der Waals surface area contributed by atoms with E-state index in [9.17, 15) is 0 Å². The van der Waals surface area contributed by atoms with E-state index >= 15 is 0 Å². The van der Waals surface area contributed by atoms with Crippen molar-refractivity contribution >= 4 is 0 Å². The number of benzene rings is 3. The average molecular weight is 285 g/mol. The molecule has 3 aromatic carbocycles. The minimum Gasteiger partial charge on any atom is -0.0622 e. The maximum absolute atomic E-state index is 3.21. The largest absolute Gasteiger partial charge is 0.0622 e. The first-order valence-corrected chi connectivity index (χ1v) is 7.72. The van der Waals surface area contributed by atoms with Gasteiger partial charge < -0.3 is 0 Å². The summed E-state index contributed by atoms with van der Waals surface area (Å²) in [6.07, 6.45) is 0. The molecule has 3 rings (SSSR count). The van der Waals surface area contributed by atoms with Crippen LogP contribution >= 0.6 is 0 Å². The molecular formula is C22H21. The predicted octanol–water partition coefficient (Wildman–Crippen LogP) is 6.12. The van der Waals surface area contributed by atoms with Gasteiger partial charge >= 0.3 is 0 Å². The Balaban J connectivity index is 2.06. The van der Waals surface area contributed by atoms with E-state index < -0.39 is 0 Å². The highest BCUT2D eigenvalue weighted by molar-refractivity contribution is 5.83. The number of hydrogen-bond donors (Lipinski definition) is 0. The quantitative estimate of drug-likeness (QED) is 0.532. The Kier molecular flexibility index (Phi) is 3.85. The van der Waals surface area contributed by atoms with Gasteiger partial charge in [-0.2, -0.15) is 0 Å². The van der Waals surface area contributed by atoms with Crippen molar-refractivity contribution in [2.45, 2.75) is 26.2 Å². The number of hydrogen-bond acceptors (Lipinski definition) is 0. The summed E-state index contributed by atoms with van der Waals surface area (Å²) in [6.45, 7) is 6.73. The van der Waals surface area contributed by atoms with E-state index in [1.807, 2.05) is 6.07 Å². The van der Waals surface area contributed by atoms with Gasteiger partial charge in [-0.15, -0.1) is 0 Å². The van der Waals surface area contributed by atoms with Crippen molar-refractivity contribution in [2.24, 2.45) is 0 Å². The van der Waals surface area contributed by atoms with Gasteiger partial charge in [-0.25, -0.2) is 0 Å². The van der Waals surface area contributed by atoms with E-state index in [0.717, 1.165) is 0 Å². The Morgan fingerprint density at radius 1 is 0.682 bits per heavy atom. The predicted molar refractivity (Wildman–Crippen MR) is 94.9 cm³/mol. The normalized spacial score (nSPS) is 11.4. The van der Waals surface area contributed by atoms with Gasteiger partial charge in [0.25, 0.3) is 0 Å². The summed E-state index contributed by atoms with van der Waals surface area (Å²) in [5.74, 6) is 0. The van der Waals surface area contributed by atoms with Crippen molar-refractivity contribution in [1.82, 2.24) is 0 Å². The second kappa shape index (κ2) is 5.81. The molecule has 109 valence electrons. The molecule has 0 unspecified atom stereocenters. The van der Waals surface area contributed by atoms with Crippen molar-refractivity contribution in [1.29, 1.82) is 0 Å². The van der Waals surface area contributed by atoms with Gasteiger partial charge in [0.05, 0.1) is 0 Å². The minimum absolute atomic E-state index is 0.184. The first-order chi connectivity index (χ1) is 10.6. The van der Waals surface area contributed by atoms with Crippen LogP contribution in [0, 0.1) is 6.07 Å². The zero-order chi connectivity index (χ0) is 15.6. The minimum atomic E-state index is 0.184. The zero-order valence-corrected chi connectivity index (χ0v) is 13.4. The molecule has 0 bridgehead atoms. The summed E-state index contributed by atoms with van der Waals surface area (Å²) in [7, 11) is 0. The lowest BCUT2D eigenvalue weighted by Gasteiger charge is -2.19. The van der Waals surface area contributed by atoms with Gasteiger partial charge in [0, 0.05) is 0 Å². The Morgan fingerprint density at radius 2 is 1.32 bits per heavy atom. The molecule has 0 fully saturated rings. The Hall–Kier alpha value is -2.34. The Morgan fingerprint density at radius 3 is 1.95 bits per heavy atom. The maximum Gasteiger partial charge on any atom is -0.00992 e. The Bertz CT molecular complexity index is 744. The fourth-order valence-corrected chi connectivity index (χ4v) is 2.69. The third-order valence-electron chi connectivity index (χ3n) is 4.01. The molecule has 0 heteroatoms. The van der Waals surface area contributed by atoms with E-state index in [4.69, 9.17) is 0 Å². The zero-order valence-electron chi connectivity index (χ0n) is 13.4. The summed E-state index contributed by atoms with van der Waals surface area (Å²) in [6, 6.07) is 28.8. The fourth-order valence-electron chi connectivity index (χ4n) is 2.69. The average Bonchev–Trinajstić information content (AvgIpc) is 2.55. The van der Waals surface area contributed by atoms with Crippen LogP contribution in [0.1, 0.15) is 26.3 Å². The van der Waals surface area contributed by atoms with Gasteiger partial charge in [0.15, 0.2) is 0 Å². The van der Waals surface area contributed by atoms with Crippen molar-refractivity contribution in [3.05, 3.63) is 84.4 Å². The first kappa shape index (κ1) is 14.6. The van der Waals surface area contributed by atoms with Crippen molar-refractivity contribution in [3.8, 4) is 22.3 Å². The molecule has 22 heavy (non-hydrogen) atoms. The van der Waals surface area contributed by atoms with E-state index in [1.54, 1.807) is 0 Å². The van der Waals surface area contributed by atoms with Gasteiger partial charge in [-0.3, -0.25) is 0 Å². The fraction of sp³-hybridized carbons (Fsp3) is 0.182. The summed E-state index contributed by atoms with van der Waals surface area (Å²) >= 11 is 0. The Labute approximate surface area is 133 Å². The number of rotatable bonds is 2. The van der Waals surface area contributed by atoms with Crippen LogP contribution in [-0.2, 0) is 5.41 Å². The van der Waals surface area contributed by atoms with E-state index in [-0.39, 0.29) is 5.41 Å². The molecule has 0 amide bonds. The van der Waals surface area contributed by atoms with Crippen molar-refractivity contribution in [2.75, 3.05) is 0 Å². The molecule has 0 aromatic heterocycles. The summed E-state index contributed by atoms with van der Waals surface area (Å²) < 4.78 is 0. The summed E-state index contributed by atoms with van der Waals surface area (Å²) in [5, 5.41) is 0. The molecule has 0 saturated heterocycles. The van der Waals surface area contributed by atoms with E-state index in [0.29, 0.717) is 0 Å². The van der Waals surface area contributed by atoms with Crippen LogP contribution in [-0.4, -0.2) is 0 Å². The molecule has 0 aliphatic rings. The lowest BCUT2D eigenvalue weighted by molar-refractivity contribution is 0.590. The summed E-state index contributed by atoms with van der Waals surface area (Å²) in [5.41, 5.74) is 6.51. The molecule has 0 N–H and O–H groups in total. The van der Waals surface area contributed by atoms with Crippen molar-refractivity contribution in [3.63, 3.8) is 0 Å². The smallest absolute Gasteiger partial charge is 0.00992 e. The standard InChI is InChI=1S/C22H21/c1-22(2,3)19-15-13-18(14-16-19)21-12-8-7-11-20(21)17-9-5-4-6-10-17/h4-7,9-16H,1-3H3. The van der Waals surface area contributed by atoms with Gasteiger partial charge in [-0.05, 0) is 45.4 Å². The third-order valence-corrected chi connectivity index (χ3v) is 4.01. The molecule has 0 aliphatic heterocycles. The summed E-state index contributed by atoms with van der Waals surface area (Å²) in [4.78, 5) is 0. The van der Waals surface area contributed by atoms with Crippen LogP contribution in [0.3, 0.4) is 0 Å². The highest BCUT2D eigenvalue weighted by atomic mass is 14.2. The molecule has 3 aromatic rings. The van der Waals surface area contributed by atoms with E-state index in [1.165, 1.54) is 27.8 Å². The van der Waals surface area contributed by atoms with E-state index in [2.05, 4.69) is 93.6 Å². The van der Waals surface area contributed by atoms with Crippen molar-refractivity contribution < 1.29 is 0 Å². The van der Waals surface area contributed by atoms with Crippen LogP contribution in [0.2, 0.25) is 0 Å². The van der Waals surface area contributed by atoms with Crippen LogP contribution < -0.4 is 0 Å². The van der Waals surface area contributed by atoms with Crippen LogP contribution in [0.25, 0.3) is 22.3 Å². The maximum atomic E-state index is 3.21. The molecule has 0 spiro atoms. The topological polar surface area (TPSA) is 0 Å². The van der Waals surface area contributed by atoms with Gasteiger partial charge in [-0.1, -0.05) is 87.5 Å². The second-order valence-electron chi connectivity index (χ2n) is 6.67. The molecular weight excluding hydrogens is 264 g/mol. The molecule has 0 nitrogen and oxygen atoms in total. The molecule has 0 heterocycles. The molecule has 0 atom stereocenters. The third kappa shape index (κ3) is 2.96. The molecule has 0 saturated carbocycles. The molecule has 0 aliphatic carbocycles. The monoisotopic (exact) mass is 285 g/mol. The van der Waals surface area contributed by atoms with Gasteiger partial charge in [0.1, 0.15) is 0 Å². The van der Waals surface area contributed by atoms with Crippen LogP contribution in [0.15, 0.2) is 72.8 Å².